The SMILES string of the molecule is CC1=NN(c2ccc(Br)cc2)N2C[C@@H]3C(=O)N(C(C)(C)C)C(=O)[C@@H]3[C@@]12C. The summed E-state index contributed by atoms with van der Waals surface area (Å²) in [5.74, 6) is -0.857. The van der Waals surface area contributed by atoms with Gasteiger partial charge in [-0.05, 0) is 58.9 Å². The lowest BCUT2D eigenvalue weighted by atomic mass is 9.80. The number of hydrazine groups is 1. The third-order valence-corrected chi connectivity index (χ3v) is 6.40. The maximum absolute atomic E-state index is 13.2. The van der Waals surface area contributed by atoms with E-state index >= 15 is 0 Å². The molecule has 0 unspecified atom stereocenters. The average molecular weight is 419 g/mol. The lowest BCUT2D eigenvalue weighted by Gasteiger charge is -2.38. The quantitative estimate of drug-likeness (QED) is 0.657. The molecule has 2 amide bonds. The Labute approximate surface area is 161 Å². The lowest BCUT2D eigenvalue weighted by Crippen LogP contribution is -2.56. The first-order valence-electron chi connectivity index (χ1n) is 8.83. The van der Waals surface area contributed by atoms with Gasteiger partial charge in [-0.15, -0.1) is 0 Å². The molecule has 0 saturated carbocycles. The highest BCUT2D eigenvalue weighted by Gasteiger charge is 2.68. The van der Waals surface area contributed by atoms with Crippen molar-refractivity contribution in [2.24, 2.45) is 16.9 Å². The first kappa shape index (κ1) is 17.7. The van der Waals surface area contributed by atoms with E-state index in [0.717, 1.165) is 15.9 Å². The Morgan fingerprint density at radius 2 is 1.77 bits per heavy atom. The van der Waals surface area contributed by atoms with E-state index in [2.05, 4.69) is 20.9 Å². The topological polar surface area (TPSA) is 56.2 Å². The summed E-state index contributed by atoms with van der Waals surface area (Å²) in [5.41, 5.74) is 0.702. The Bertz CT molecular complexity index is 829. The number of hydrogen-bond acceptors (Lipinski definition) is 5. The van der Waals surface area contributed by atoms with E-state index < -0.39 is 17.0 Å². The number of amides is 2. The summed E-state index contributed by atoms with van der Waals surface area (Å²) in [4.78, 5) is 27.7. The zero-order valence-corrected chi connectivity index (χ0v) is 17.2. The molecule has 0 bridgehead atoms. The molecule has 1 aromatic carbocycles. The van der Waals surface area contributed by atoms with Crippen molar-refractivity contribution in [2.45, 2.75) is 45.7 Å². The van der Waals surface area contributed by atoms with Gasteiger partial charge in [0.25, 0.3) is 0 Å². The molecule has 3 aliphatic heterocycles. The lowest BCUT2D eigenvalue weighted by molar-refractivity contribution is -0.146. The molecular formula is C19H23BrN4O2. The minimum atomic E-state index is -0.579. The standard InChI is InChI=1S/C19H23BrN4O2/c1-11-19(5)15-14(16(25)23(17(15)26)18(2,3)4)10-22(19)24(21-11)13-8-6-12(20)7-9-13/h6-9,14-15H,10H2,1-5H3/t14-,15+,19+/m0/s1. The second-order valence-corrected chi connectivity index (χ2v) is 9.36. The van der Waals surface area contributed by atoms with E-state index in [1.807, 2.05) is 64.0 Å². The van der Waals surface area contributed by atoms with Crippen LogP contribution >= 0.6 is 15.9 Å². The van der Waals surface area contributed by atoms with Crippen LogP contribution in [0.4, 0.5) is 5.69 Å². The molecule has 0 aromatic heterocycles. The second-order valence-electron chi connectivity index (χ2n) is 8.45. The van der Waals surface area contributed by atoms with Gasteiger partial charge in [-0.25, -0.2) is 0 Å². The number of nitrogens with zero attached hydrogens (tertiary/aromatic N) is 4. The number of halogens is 1. The van der Waals surface area contributed by atoms with Crippen LogP contribution in [-0.2, 0) is 9.59 Å². The van der Waals surface area contributed by atoms with Gasteiger partial charge in [0.1, 0.15) is 0 Å². The Hall–Kier alpha value is -1.73. The highest BCUT2D eigenvalue weighted by molar-refractivity contribution is 9.10. The third-order valence-electron chi connectivity index (χ3n) is 5.87. The predicted molar refractivity (Wildman–Crippen MR) is 103 cm³/mol. The normalized spacial score (nSPS) is 31.5. The van der Waals surface area contributed by atoms with Gasteiger partial charge in [-0.1, -0.05) is 15.9 Å². The number of carbonyl (C=O) groups excluding carboxylic acids is 2. The molecule has 1 aromatic rings. The van der Waals surface area contributed by atoms with E-state index in [9.17, 15) is 9.59 Å². The van der Waals surface area contributed by atoms with E-state index in [1.54, 1.807) is 0 Å². The zero-order valence-electron chi connectivity index (χ0n) is 15.7. The smallest absolute Gasteiger partial charge is 0.235 e. The van der Waals surface area contributed by atoms with Crippen LogP contribution in [-0.4, -0.2) is 45.1 Å². The van der Waals surface area contributed by atoms with Crippen molar-refractivity contribution in [2.75, 3.05) is 11.7 Å². The molecular weight excluding hydrogens is 396 g/mol. The van der Waals surface area contributed by atoms with Crippen LogP contribution in [0.15, 0.2) is 33.8 Å². The number of carbonyl (C=O) groups is 2. The van der Waals surface area contributed by atoms with E-state index in [0.29, 0.717) is 6.54 Å². The number of rotatable bonds is 1. The summed E-state index contributed by atoms with van der Waals surface area (Å²) in [6, 6.07) is 7.88. The van der Waals surface area contributed by atoms with Crippen LogP contribution in [0.3, 0.4) is 0 Å². The van der Waals surface area contributed by atoms with Crippen molar-refractivity contribution in [3.05, 3.63) is 28.7 Å². The molecule has 0 N–H and O–H groups in total. The van der Waals surface area contributed by atoms with Gasteiger partial charge in [0.05, 0.1) is 28.8 Å². The molecule has 3 atom stereocenters. The molecule has 2 saturated heterocycles. The molecule has 26 heavy (non-hydrogen) atoms. The zero-order chi connectivity index (χ0) is 19.0. The number of benzene rings is 1. The summed E-state index contributed by atoms with van der Waals surface area (Å²) < 4.78 is 0.994. The number of hydrogen-bond donors (Lipinski definition) is 0. The Balaban J connectivity index is 1.74. The Morgan fingerprint density at radius 3 is 2.35 bits per heavy atom. The molecule has 7 heteroatoms. The molecule has 6 nitrogen and oxygen atoms in total. The maximum atomic E-state index is 13.2. The van der Waals surface area contributed by atoms with E-state index in [4.69, 9.17) is 5.10 Å². The fraction of sp³-hybridized carbons (Fsp3) is 0.526. The Morgan fingerprint density at radius 1 is 1.15 bits per heavy atom. The van der Waals surface area contributed by atoms with Crippen molar-refractivity contribution in [1.29, 1.82) is 0 Å². The maximum Gasteiger partial charge on any atom is 0.235 e. The number of likely N-dealkylation sites (tertiary alicyclic amines) is 1. The van der Waals surface area contributed by atoms with Gasteiger partial charge >= 0.3 is 0 Å². The van der Waals surface area contributed by atoms with E-state index in [1.165, 1.54) is 4.90 Å². The Kier molecular flexibility index (Phi) is 3.66. The highest BCUT2D eigenvalue weighted by atomic mass is 79.9. The first-order chi connectivity index (χ1) is 12.1. The van der Waals surface area contributed by atoms with Gasteiger partial charge in [-0.2, -0.15) is 15.2 Å². The fourth-order valence-electron chi connectivity index (χ4n) is 4.50. The van der Waals surface area contributed by atoms with Crippen LogP contribution in [0.25, 0.3) is 0 Å². The molecule has 3 aliphatic rings. The largest absolute Gasteiger partial charge is 0.277 e. The van der Waals surface area contributed by atoms with Crippen LogP contribution in [0.1, 0.15) is 34.6 Å². The van der Waals surface area contributed by atoms with Crippen LogP contribution in [0, 0.1) is 11.8 Å². The molecule has 2 fully saturated rings. The van der Waals surface area contributed by atoms with Gasteiger partial charge < -0.3 is 0 Å². The molecule has 0 radical (unpaired) electrons. The second kappa shape index (κ2) is 5.39. The van der Waals surface area contributed by atoms with Crippen molar-refractivity contribution < 1.29 is 9.59 Å². The number of hydrazone groups is 1. The first-order valence-corrected chi connectivity index (χ1v) is 9.63. The van der Waals surface area contributed by atoms with E-state index in [-0.39, 0.29) is 17.7 Å². The van der Waals surface area contributed by atoms with Crippen molar-refractivity contribution in [1.82, 2.24) is 9.91 Å². The fourth-order valence-corrected chi connectivity index (χ4v) is 4.76. The highest BCUT2D eigenvalue weighted by Crippen LogP contribution is 2.51. The van der Waals surface area contributed by atoms with Crippen LogP contribution in [0.2, 0.25) is 0 Å². The van der Waals surface area contributed by atoms with Crippen molar-refractivity contribution >= 4 is 39.1 Å². The molecule has 138 valence electrons. The monoisotopic (exact) mass is 418 g/mol. The van der Waals surface area contributed by atoms with Gasteiger partial charge in [0, 0.05) is 16.6 Å². The summed E-state index contributed by atoms with van der Waals surface area (Å²) in [5, 5.41) is 8.66. The molecule has 4 rings (SSSR count). The third kappa shape index (κ3) is 2.16. The summed E-state index contributed by atoms with van der Waals surface area (Å²) in [6.45, 7) is 10.2. The number of imide groups is 1. The molecule has 3 heterocycles. The van der Waals surface area contributed by atoms with Crippen molar-refractivity contribution in [3.63, 3.8) is 0 Å². The number of fused-ring (bicyclic) bond motifs is 3. The van der Waals surface area contributed by atoms with Crippen LogP contribution < -0.4 is 5.12 Å². The molecule has 0 aliphatic carbocycles. The predicted octanol–water partition coefficient (Wildman–Crippen LogP) is 3.03. The summed E-state index contributed by atoms with van der Waals surface area (Å²) in [7, 11) is 0. The average Bonchev–Trinajstić information content (AvgIpc) is 3.08. The van der Waals surface area contributed by atoms with Gasteiger partial charge in [0.2, 0.25) is 11.8 Å². The minimum Gasteiger partial charge on any atom is -0.277 e. The van der Waals surface area contributed by atoms with Gasteiger partial charge in [-0.3, -0.25) is 14.5 Å². The van der Waals surface area contributed by atoms with Gasteiger partial charge in [0.15, 0.2) is 0 Å². The summed E-state index contributed by atoms with van der Waals surface area (Å²) >= 11 is 3.45. The minimum absolute atomic E-state index is 0.0633. The van der Waals surface area contributed by atoms with Crippen LogP contribution in [0.5, 0.6) is 0 Å². The number of anilines is 1. The van der Waals surface area contributed by atoms with Crippen molar-refractivity contribution in [3.8, 4) is 0 Å². The summed E-state index contributed by atoms with van der Waals surface area (Å²) in [6.07, 6.45) is 0. The molecule has 0 spiro atoms.